The third-order valence-electron chi connectivity index (χ3n) is 3.76. The molecule has 94 valence electrons. The highest BCUT2D eigenvalue weighted by atomic mass is 15.0. The second-order valence-electron chi connectivity index (χ2n) is 5.42. The van der Waals surface area contributed by atoms with Gasteiger partial charge in [0.2, 0.25) is 0 Å². The molecule has 0 spiro atoms. The molecule has 3 atom stereocenters. The normalized spacial score (nSPS) is 24.6. The van der Waals surface area contributed by atoms with Crippen LogP contribution in [0, 0.1) is 0 Å². The Hall–Kier alpha value is -0.820. The Morgan fingerprint density at radius 1 is 1.24 bits per heavy atom. The van der Waals surface area contributed by atoms with Crippen molar-refractivity contribution in [2.45, 2.75) is 64.0 Å². The van der Waals surface area contributed by atoms with E-state index in [1.54, 1.807) is 0 Å². The zero-order chi connectivity index (χ0) is 12.1. The highest BCUT2D eigenvalue weighted by molar-refractivity contribution is 5.27. The van der Waals surface area contributed by atoms with Crippen LogP contribution in [-0.2, 0) is 0 Å². The van der Waals surface area contributed by atoms with Gasteiger partial charge in [-0.05, 0) is 25.3 Å². The maximum absolute atomic E-state index is 3.76. The summed E-state index contributed by atoms with van der Waals surface area (Å²) in [6, 6.07) is 12.3. The van der Waals surface area contributed by atoms with Crippen molar-refractivity contribution in [1.29, 1.82) is 0 Å². The number of benzene rings is 1. The molecule has 1 nitrogen and oxygen atoms in total. The molecule has 0 aliphatic heterocycles. The predicted octanol–water partition coefficient (Wildman–Crippen LogP) is 4.10. The van der Waals surface area contributed by atoms with Gasteiger partial charge < -0.3 is 5.32 Å². The molecule has 0 aromatic heterocycles. The average molecular weight is 231 g/mol. The van der Waals surface area contributed by atoms with Gasteiger partial charge in [0, 0.05) is 18.0 Å². The van der Waals surface area contributed by atoms with Crippen LogP contribution in [-0.4, -0.2) is 12.1 Å². The summed E-state index contributed by atoms with van der Waals surface area (Å²) in [5.41, 5.74) is 1.51. The van der Waals surface area contributed by atoms with E-state index in [1.165, 1.54) is 37.7 Å². The van der Waals surface area contributed by atoms with Crippen LogP contribution in [0.4, 0.5) is 0 Å². The molecule has 17 heavy (non-hydrogen) atoms. The van der Waals surface area contributed by atoms with Crippen molar-refractivity contribution in [2.75, 3.05) is 0 Å². The summed E-state index contributed by atoms with van der Waals surface area (Å²) in [5, 5.41) is 3.76. The van der Waals surface area contributed by atoms with Crippen molar-refractivity contribution in [2.24, 2.45) is 0 Å². The van der Waals surface area contributed by atoms with Gasteiger partial charge in [0.15, 0.2) is 0 Å². The highest BCUT2D eigenvalue weighted by Crippen LogP contribution is 2.40. The summed E-state index contributed by atoms with van der Waals surface area (Å²) in [7, 11) is 0. The molecule has 1 aliphatic carbocycles. The fraction of sp³-hybridized carbons (Fsp3) is 0.625. The van der Waals surface area contributed by atoms with E-state index in [4.69, 9.17) is 0 Å². The van der Waals surface area contributed by atoms with Crippen molar-refractivity contribution in [3.63, 3.8) is 0 Å². The first-order valence-electron chi connectivity index (χ1n) is 7.12. The van der Waals surface area contributed by atoms with Gasteiger partial charge >= 0.3 is 0 Å². The lowest BCUT2D eigenvalue weighted by molar-refractivity contribution is 0.481. The van der Waals surface area contributed by atoms with Crippen LogP contribution >= 0.6 is 0 Å². The van der Waals surface area contributed by atoms with Crippen LogP contribution in [0.1, 0.15) is 57.4 Å². The van der Waals surface area contributed by atoms with Crippen molar-refractivity contribution >= 4 is 0 Å². The van der Waals surface area contributed by atoms with Gasteiger partial charge in [0.25, 0.3) is 0 Å². The van der Waals surface area contributed by atoms with Crippen molar-refractivity contribution in [1.82, 2.24) is 5.32 Å². The molecule has 1 N–H and O–H groups in total. The van der Waals surface area contributed by atoms with Crippen LogP contribution in [0.25, 0.3) is 0 Å². The first kappa shape index (κ1) is 12.6. The molecule has 1 aromatic carbocycles. The van der Waals surface area contributed by atoms with Gasteiger partial charge in [-0.25, -0.2) is 0 Å². The molecule has 1 fully saturated rings. The molecule has 0 amide bonds. The zero-order valence-corrected chi connectivity index (χ0v) is 11.2. The second kappa shape index (κ2) is 6.20. The van der Waals surface area contributed by atoms with Gasteiger partial charge in [-0.1, -0.05) is 56.5 Å². The summed E-state index contributed by atoms with van der Waals surface area (Å²) in [6.07, 6.45) is 6.71. The summed E-state index contributed by atoms with van der Waals surface area (Å²) >= 11 is 0. The molecule has 0 saturated heterocycles. The minimum absolute atomic E-state index is 0.681. The highest BCUT2D eigenvalue weighted by Gasteiger charge is 2.38. The summed E-state index contributed by atoms with van der Waals surface area (Å²) in [6.45, 7) is 4.60. The zero-order valence-electron chi connectivity index (χ0n) is 11.2. The molecule has 0 bridgehead atoms. The number of nitrogens with one attached hydrogen (secondary N) is 1. The largest absolute Gasteiger partial charge is 0.311 e. The third-order valence-corrected chi connectivity index (χ3v) is 3.76. The first-order chi connectivity index (χ1) is 8.31. The quantitative estimate of drug-likeness (QED) is 0.697. The maximum Gasteiger partial charge on any atom is 0.0145 e. The van der Waals surface area contributed by atoms with Gasteiger partial charge in [-0.3, -0.25) is 0 Å². The molecule has 0 radical (unpaired) electrons. The minimum Gasteiger partial charge on any atom is -0.311 e. The Morgan fingerprint density at radius 3 is 2.71 bits per heavy atom. The molecule has 3 unspecified atom stereocenters. The number of hydrogen-bond donors (Lipinski definition) is 1. The van der Waals surface area contributed by atoms with Gasteiger partial charge in [-0.2, -0.15) is 0 Å². The van der Waals surface area contributed by atoms with E-state index in [2.05, 4.69) is 49.5 Å². The van der Waals surface area contributed by atoms with Crippen molar-refractivity contribution in [3.05, 3.63) is 35.9 Å². The smallest absolute Gasteiger partial charge is 0.0145 e. The standard InChI is InChI=1S/C16H25N/c1-3-4-6-9-13(2)17-16-12-15(16)14-10-7-5-8-11-14/h5,7-8,10-11,13,15-17H,3-4,6,9,12H2,1-2H3. The van der Waals surface area contributed by atoms with Crippen molar-refractivity contribution in [3.8, 4) is 0 Å². The van der Waals surface area contributed by atoms with E-state index in [0.717, 1.165) is 12.0 Å². The summed E-state index contributed by atoms with van der Waals surface area (Å²) in [4.78, 5) is 0. The Kier molecular flexibility index (Phi) is 4.61. The molecule has 2 rings (SSSR count). The Balaban J connectivity index is 1.69. The fourth-order valence-corrected chi connectivity index (χ4v) is 2.60. The number of rotatable bonds is 7. The van der Waals surface area contributed by atoms with Gasteiger partial charge in [0.05, 0.1) is 0 Å². The SMILES string of the molecule is CCCCCC(C)NC1CC1c1ccccc1. The molecule has 1 aromatic rings. The van der Waals surface area contributed by atoms with E-state index >= 15 is 0 Å². The molecular formula is C16H25N. The monoisotopic (exact) mass is 231 g/mol. The molecule has 1 heteroatoms. The van der Waals surface area contributed by atoms with E-state index in [9.17, 15) is 0 Å². The van der Waals surface area contributed by atoms with Crippen LogP contribution in [0.3, 0.4) is 0 Å². The second-order valence-corrected chi connectivity index (χ2v) is 5.42. The molecule has 1 aliphatic rings. The Bertz CT molecular complexity index is 320. The fourth-order valence-electron chi connectivity index (χ4n) is 2.60. The average Bonchev–Trinajstić information content (AvgIpc) is 3.10. The van der Waals surface area contributed by atoms with E-state index in [1.807, 2.05) is 0 Å². The van der Waals surface area contributed by atoms with Crippen LogP contribution in [0.5, 0.6) is 0 Å². The van der Waals surface area contributed by atoms with E-state index in [-0.39, 0.29) is 0 Å². The topological polar surface area (TPSA) is 12.0 Å². The van der Waals surface area contributed by atoms with Crippen LogP contribution < -0.4 is 5.32 Å². The third kappa shape index (κ3) is 3.85. The lowest BCUT2D eigenvalue weighted by Gasteiger charge is -2.13. The summed E-state index contributed by atoms with van der Waals surface area (Å²) < 4.78 is 0. The lowest BCUT2D eigenvalue weighted by Crippen LogP contribution is -2.28. The molecule has 0 heterocycles. The number of hydrogen-bond acceptors (Lipinski definition) is 1. The number of unbranched alkanes of at least 4 members (excludes halogenated alkanes) is 2. The van der Waals surface area contributed by atoms with E-state index < -0.39 is 0 Å². The Labute approximate surface area is 106 Å². The lowest BCUT2D eigenvalue weighted by atomic mass is 10.1. The summed E-state index contributed by atoms with van der Waals surface area (Å²) in [5.74, 6) is 0.768. The van der Waals surface area contributed by atoms with Crippen LogP contribution in [0.15, 0.2) is 30.3 Å². The van der Waals surface area contributed by atoms with Crippen LogP contribution in [0.2, 0.25) is 0 Å². The first-order valence-corrected chi connectivity index (χ1v) is 7.12. The minimum atomic E-state index is 0.681. The molecular weight excluding hydrogens is 206 g/mol. The predicted molar refractivity (Wildman–Crippen MR) is 74.3 cm³/mol. The maximum atomic E-state index is 3.76. The molecule has 1 saturated carbocycles. The van der Waals surface area contributed by atoms with E-state index in [0.29, 0.717) is 6.04 Å². The van der Waals surface area contributed by atoms with Gasteiger partial charge in [0.1, 0.15) is 0 Å². The van der Waals surface area contributed by atoms with Crippen molar-refractivity contribution < 1.29 is 0 Å². The van der Waals surface area contributed by atoms with Gasteiger partial charge in [-0.15, -0.1) is 0 Å². The Morgan fingerprint density at radius 2 is 2.00 bits per heavy atom.